The molecule has 2 atom stereocenters. The lowest BCUT2D eigenvalue weighted by Gasteiger charge is -2.41. The van der Waals surface area contributed by atoms with Crippen molar-refractivity contribution in [3.05, 3.63) is 198 Å². The first-order chi connectivity index (χ1) is 33.4. The van der Waals surface area contributed by atoms with Gasteiger partial charge in [-0.2, -0.15) is 9.18 Å². The van der Waals surface area contributed by atoms with Crippen LogP contribution in [-0.4, -0.2) is 9.55 Å². The first-order valence-electron chi connectivity index (χ1n) is 25.4. The summed E-state index contributed by atoms with van der Waals surface area (Å²) in [5.41, 5.74) is 18.9. The average molecular weight is 920 g/mol. The smallest absolute Gasteiger partial charge is 0.225 e. The van der Waals surface area contributed by atoms with Gasteiger partial charge in [0.25, 0.3) is 0 Å². The molecule has 4 heterocycles. The topological polar surface area (TPSA) is 27.1 Å². The van der Waals surface area contributed by atoms with Crippen molar-refractivity contribution in [2.24, 2.45) is 0 Å². The summed E-state index contributed by atoms with van der Waals surface area (Å²) in [6.45, 7) is 30.1. The highest BCUT2D eigenvalue weighted by Crippen LogP contribution is 2.76. The lowest BCUT2D eigenvalue weighted by atomic mass is 9.84. The van der Waals surface area contributed by atoms with Crippen molar-refractivity contribution in [3.63, 3.8) is 0 Å². The van der Waals surface area contributed by atoms with Crippen molar-refractivity contribution >= 4 is 44.6 Å². The van der Waals surface area contributed by atoms with Gasteiger partial charge in [0.15, 0.2) is 18.0 Å². The van der Waals surface area contributed by atoms with Gasteiger partial charge in [-0.15, -0.1) is 0 Å². The fraction of sp³-hybridized carbons (Fsp3) is 0.262. The Kier molecular flexibility index (Phi) is 10.7. The van der Waals surface area contributed by atoms with Gasteiger partial charge in [-0.3, -0.25) is 4.57 Å². The van der Waals surface area contributed by atoms with Gasteiger partial charge in [-0.1, -0.05) is 162 Å². The van der Waals surface area contributed by atoms with Crippen molar-refractivity contribution in [1.82, 2.24) is 18.7 Å². The molecule has 1 fully saturated rings. The predicted molar refractivity (Wildman–Crippen MR) is 296 cm³/mol. The van der Waals surface area contributed by atoms with Crippen LogP contribution in [0.1, 0.15) is 129 Å². The van der Waals surface area contributed by atoms with E-state index >= 15 is 0 Å². The zero-order valence-electron chi connectivity index (χ0n) is 43.1. The lowest BCUT2D eigenvalue weighted by molar-refractivity contribution is 0.422. The third kappa shape index (κ3) is 7.15. The van der Waals surface area contributed by atoms with E-state index < -0.39 is 0 Å². The molecule has 0 bridgehead atoms. The zero-order chi connectivity index (χ0) is 49.1. The summed E-state index contributed by atoms with van der Waals surface area (Å²) in [5, 5.41) is 2.35. The summed E-state index contributed by atoms with van der Waals surface area (Å²) in [6.07, 6.45) is 1.94. The predicted octanol–water partition coefficient (Wildman–Crippen LogP) is 18.6. The van der Waals surface area contributed by atoms with Gasteiger partial charge in [0.1, 0.15) is 17.3 Å². The van der Waals surface area contributed by atoms with Gasteiger partial charge in [0, 0.05) is 59.4 Å². The van der Waals surface area contributed by atoms with E-state index in [0.717, 1.165) is 45.0 Å². The molecule has 0 N–H and O–H groups in total. The number of nitrogens with zero attached hydrogens (tertiary/aromatic N) is 4. The second-order valence-corrected chi connectivity index (χ2v) is 22.9. The number of ether oxygens (including phenoxy) is 1. The number of benzene rings is 7. The molecule has 7 aromatic carbocycles. The van der Waals surface area contributed by atoms with E-state index in [4.69, 9.17) is 9.72 Å². The Morgan fingerprint density at radius 2 is 1.11 bits per heavy atom. The first-order valence-corrected chi connectivity index (χ1v) is 25.4. The third-order valence-electron chi connectivity index (χ3n) is 15.2. The summed E-state index contributed by atoms with van der Waals surface area (Å²) in [5.74, 6) is 3.59. The van der Waals surface area contributed by atoms with Crippen molar-refractivity contribution in [1.29, 1.82) is 0 Å². The minimum atomic E-state index is -0.0238. The van der Waals surface area contributed by atoms with E-state index in [1.54, 1.807) is 0 Å². The molecule has 9 aromatic rings. The van der Waals surface area contributed by atoms with Crippen molar-refractivity contribution < 1.29 is 4.74 Å². The van der Waals surface area contributed by atoms with E-state index in [1.165, 1.54) is 67.0 Å². The van der Waals surface area contributed by atoms with Gasteiger partial charge < -0.3 is 4.74 Å². The summed E-state index contributed by atoms with van der Waals surface area (Å²) in [4.78, 5) is 4.97. The molecule has 0 radical (unpaired) electrons. The fourth-order valence-corrected chi connectivity index (χ4v) is 11.4. The van der Waals surface area contributed by atoms with E-state index in [2.05, 4.69) is 252 Å². The summed E-state index contributed by atoms with van der Waals surface area (Å²) < 4.78 is 10.7. The third-order valence-corrected chi connectivity index (χ3v) is 15.2. The van der Waals surface area contributed by atoms with Crippen LogP contribution in [0.15, 0.2) is 164 Å². The fourth-order valence-electron chi connectivity index (χ4n) is 11.4. The second kappa shape index (κ2) is 16.4. The van der Waals surface area contributed by atoms with Gasteiger partial charge in [0.05, 0.1) is 11.0 Å². The molecule has 5 nitrogen and oxygen atoms in total. The monoisotopic (exact) mass is 920 g/mol. The van der Waals surface area contributed by atoms with E-state index in [-0.39, 0.29) is 10.8 Å². The summed E-state index contributed by atoms with van der Waals surface area (Å²) >= 11 is 0. The van der Waals surface area contributed by atoms with Crippen molar-refractivity contribution in [2.75, 3.05) is 0 Å². The lowest BCUT2D eigenvalue weighted by Crippen LogP contribution is -2.46. The summed E-state index contributed by atoms with van der Waals surface area (Å²) in [7, 11) is 0. The first kappa shape index (κ1) is 45.6. The molecular formula is C65H67N4O+. The Balaban J connectivity index is 1.10. The molecule has 0 aliphatic carbocycles. The number of quaternary nitrogens is 2. The van der Waals surface area contributed by atoms with E-state index in [0.29, 0.717) is 26.9 Å². The molecule has 2 aliphatic heterocycles. The molecule has 70 heavy (non-hydrogen) atoms. The Labute approximate surface area is 415 Å². The van der Waals surface area contributed by atoms with Crippen LogP contribution in [0, 0.1) is 6.67 Å². The second-order valence-electron chi connectivity index (χ2n) is 22.9. The van der Waals surface area contributed by atoms with Crippen LogP contribution in [0.3, 0.4) is 0 Å². The molecule has 0 amide bonds. The number of hydrogen-bond acceptors (Lipinski definition) is 2. The number of hydrogen-bond donors (Lipinski definition) is 0. The molecule has 2 aromatic heterocycles. The highest BCUT2D eigenvalue weighted by molar-refractivity contribution is 6.09. The standard InChI is InChI=1S/C65H67N4O/c1-41(2)52-21-13-14-22-55(52)45-34-49(38-51(35-45)70-50-28-29-57-56-23-15-16-26-58(56)67(59(57)39-50)62-37-47(31-32-66-62)65(10,11)12)69-40-68(69,61-36-46(64(7,8)9)27-30-60(61)69)48-20-17-19-44(33-48)63-53(42(3)4)24-18-25-54(63)43(5)6/h13-43H,1-12H3/q+1/t68-,69?/m0/s1. The van der Waals surface area contributed by atoms with E-state index in [1.807, 2.05) is 6.20 Å². The Morgan fingerprint density at radius 3 is 1.84 bits per heavy atom. The van der Waals surface area contributed by atoms with Crippen LogP contribution in [0.4, 0.5) is 22.7 Å². The van der Waals surface area contributed by atoms with Gasteiger partial charge in [-0.05, 0) is 115 Å². The number of fused-ring (bicyclic) bond motifs is 7. The average Bonchev–Trinajstić information content (AvgIpc) is 3.83. The maximum Gasteiger partial charge on any atom is 0.225 e. The highest BCUT2D eigenvalue weighted by Gasteiger charge is 2.78. The summed E-state index contributed by atoms with van der Waals surface area (Å²) in [6, 6.07) is 58.9. The van der Waals surface area contributed by atoms with Gasteiger partial charge in [0.2, 0.25) is 11.4 Å². The van der Waals surface area contributed by atoms with Crippen LogP contribution in [0.2, 0.25) is 0 Å². The number of aromatic nitrogens is 2. The highest BCUT2D eigenvalue weighted by atomic mass is 16.5. The Hall–Kier alpha value is -6.79. The van der Waals surface area contributed by atoms with Crippen LogP contribution in [0.5, 0.6) is 11.5 Å². The van der Waals surface area contributed by atoms with Gasteiger partial charge >= 0.3 is 0 Å². The molecule has 1 unspecified atom stereocenters. The number of para-hydroxylation sites is 1. The molecule has 2 aliphatic rings. The Bertz CT molecular complexity index is 3500. The number of pyridine rings is 1. The Morgan fingerprint density at radius 1 is 0.486 bits per heavy atom. The van der Waals surface area contributed by atoms with Crippen LogP contribution < -0.4 is 13.9 Å². The minimum absolute atomic E-state index is 0.00968. The molecular weight excluding hydrogens is 853 g/mol. The van der Waals surface area contributed by atoms with E-state index in [9.17, 15) is 0 Å². The molecule has 5 heteroatoms. The molecule has 0 spiro atoms. The zero-order valence-corrected chi connectivity index (χ0v) is 43.1. The molecule has 11 rings (SSSR count). The maximum absolute atomic E-state index is 7.21. The maximum atomic E-state index is 7.21. The normalized spacial score (nSPS) is 17.6. The number of rotatable bonds is 10. The SMILES string of the molecule is CC(C)c1ccccc1-c1cc(Oc2ccc3c4ccccc4n(-c4cc(C(C)(C)C)ccn4)c3c2)cc([N+]23[CH-][N@+]2(c2cccc(-c4c(C(C)C)cccc4C(C)C)c2)c2cc(C(C)(C)C)ccc23)c1. The largest absolute Gasteiger partial charge is 0.457 e. The van der Waals surface area contributed by atoms with Crippen LogP contribution in [-0.2, 0) is 10.8 Å². The molecule has 0 saturated carbocycles. The molecule has 352 valence electrons. The van der Waals surface area contributed by atoms with Crippen LogP contribution in [0.25, 0.3) is 49.9 Å². The minimum Gasteiger partial charge on any atom is -0.457 e. The van der Waals surface area contributed by atoms with Crippen molar-refractivity contribution in [3.8, 4) is 39.6 Å². The van der Waals surface area contributed by atoms with Crippen molar-refractivity contribution in [2.45, 2.75) is 112 Å². The van der Waals surface area contributed by atoms with Crippen LogP contribution >= 0.6 is 0 Å². The quantitative estimate of drug-likeness (QED) is 0.0776. The van der Waals surface area contributed by atoms with Gasteiger partial charge in [-0.25, -0.2) is 4.98 Å². The molecule has 1 saturated heterocycles.